The highest BCUT2D eigenvalue weighted by Gasteiger charge is 2.21. The molecule has 0 aliphatic carbocycles. The van der Waals surface area contributed by atoms with Gasteiger partial charge in [0.15, 0.2) is 29.1 Å². The van der Waals surface area contributed by atoms with E-state index in [-0.39, 0.29) is 41.5 Å². The first kappa shape index (κ1) is 36.2. The molecule has 0 atom stereocenters. The molecule has 0 fully saturated rings. The maximum Gasteiger partial charge on any atom is 0.248 e. The molecular formula is C40H32F6N6O2. The second-order valence-electron chi connectivity index (χ2n) is 13.5. The van der Waals surface area contributed by atoms with Crippen LogP contribution < -0.4 is 11.1 Å². The summed E-state index contributed by atoms with van der Waals surface area (Å²) in [5.41, 5.74) is 1.12. The average Bonchev–Trinajstić information content (AvgIpc) is 3.69. The van der Waals surface area contributed by atoms with Gasteiger partial charge in [-0.15, -0.1) is 0 Å². The molecule has 4 aromatic carbocycles. The standard InChI is InChI=1S/2C20H16F3N3O/c1-10(2)20-25-19-14(22)4-3-5-15(19)26(20)9-11-8-16(27)24-18-12(11)6-7-13(21)17(18)23;1-10(2)20-24-15-5-3-4-14(22)19(15)26(20)9-11-8-16(27)25-18-12(11)6-7-13(21)17(18)23/h3-8,10H,9H2,1-2H3,(H,24,27);3-8,10H,9H2,1-2H3,(H,25,27). The molecule has 14 heteroatoms. The largest absolute Gasteiger partial charge is 0.323 e. The summed E-state index contributed by atoms with van der Waals surface area (Å²) in [7, 11) is 0. The average molecular weight is 743 g/mol. The molecule has 0 aliphatic rings. The molecule has 0 aliphatic heterocycles. The Hall–Kier alpha value is -6.18. The van der Waals surface area contributed by atoms with E-state index in [2.05, 4.69) is 19.9 Å². The van der Waals surface area contributed by atoms with Crippen LogP contribution in [0.2, 0.25) is 0 Å². The van der Waals surface area contributed by atoms with Crippen molar-refractivity contribution in [2.45, 2.75) is 52.6 Å². The van der Waals surface area contributed by atoms with Gasteiger partial charge < -0.3 is 19.1 Å². The van der Waals surface area contributed by atoms with Crippen LogP contribution >= 0.6 is 0 Å². The first-order valence-electron chi connectivity index (χ1n) is 17.0. The van der Waals surface area contributed by atoms with E-state index >= 15 is 0 Å². The number of para-hydroxylation sites is 2. The van der Waals surface area contributed by atoms with Gasteiger partial charge in [0.25, 0.3) is 0 Å². The van der Waals surface area contributed by atoms with E-state index in [1.807, 2.05) is 27.7 Å². The normalized spacial score (nSPS) is 11.8. The molecule has 0 radical (unpaired) electrons. The zero-order valence-electron chi connectivity index (χ0n) is 29.4. The highest BCUT2D eigenvalue weighted by Crippen LogP contribution is 2.29. The quantitative estimate of drug-likeness (QED) is 0.166. The molecule has 54 heavy (non-hydrogen) atoms. The number of pyridine rings is 2. The Kier molecular flexibility index (Phi) is 9.38. The molecular weight excluding hydrogens is 710 g/mol. The van der Waals surface area contributed by atoms with Gasteiger partial charge in [0.05, 0.1) is 35.2 Å². The summed E-state index contributed by atoms with van der Waals surface area (Å²) in [5.74, 6) is -3.87. The minimum Gasteiger partial charge on any atom is -0.323 e. The van der Waals surface area contributed by atoms with Gasteiger partial charge in [0.1, 0.15) is 28.5 Å². The van der Waals surface area contributed by atoms with Gasteiger partial charge in [-0.05, 0) is 59.7 Å². The molecule has 8 rings (SSSR count). The lowest BCUT2D eigenvalue weighted by molar-refractivity contribution is 0.515. The number of H-pyrrole nitrogens is 2. The molecule has 276 valence electrons. The highest BCUT2D eigenvalue weighted by molar-refractivity contribution is 5.84. The number of hydrogen-bond donors (Lipinski definition) is 2. The van der Waals surface area contributed by atoms with E-state index in [1.165, 1.54) is 36.4 Å². The topological polar surface area (TPSA) is 101 Å². The molecule has 0 saturated carbocycles. The number of imidazole rings is 2. The minimum atomic E-state index is -1.11. The number of hydrogen-bond acceptors (Lipinski definition) is 4. The predicted octanol–water partition coefficient (Wildman–Crippen LogP) is 8.93. The van der Waals surface area contributed by atoms with E-state index in [1.54, 1.807) is 33.4 Å². The Labute approximate surface area is 302 Å². The Morgan fingerprint density at radius 3 is 1.65 bits per heavy atom. The summed E-state index contributed by atoms with van der Waals surface area (Å²) >= 11 is 0. The van der Waals surface area contributed by atoms with Crippen molar-refractivity contribution in [3.8, 4) is 0 Å². The first-order valence-corrected chi connectivity index (χ1v) is 17.0. The monoisotopic (exact) mass is 742 g/mol. The summed E-state index contributed by atoms with van der Waals surface area (Å²) in [6.07, 6.45) is 0. The number of nitrogens with one attached hydrogen (secondary N) is 2. The Balaban J connectivity index is 0.000000167. The fourth-order valence-electron chi connectivity index (χ4n) is 6.77. The number of nitrogens with zero attached hydrogens (tertiary/aromatic N) is 4. The lowest BCUT2D eigenvalue weighted by Gasteiger charge is -2.14. The van der Waals surface area contributed by atoms with Crippen molar-refractivity contribution in [2.24, 2.45) is 0 Å². The molecule has 8 nitrogen and oxygen atoms in total. The van der Waals surface area contributed by atoms with Crippen LogP contribution in [0.5, 0.6) is 0 Å². The smallest absolute Gasteiger partial charge is 0.248 e. The number of fused-ring (bicyclic) bond motifs is 4. The van der Waals surface area contributed by atoms with Gasteiger partial charge in [-0.2, -0.15) is 0 Å². The van der Waals surface area contributed by atoms with Gasteiger partial charge in [-0.3, -0.25) is 9.59 Å². The van der Waals surface area contributed by atoms with Crippen molar-refractivity contribution in [1.29, 1.82) is 0 Å². The maximum atomic E-state index is 14.5. The van der Waals surface area contributed by atoms with Crippen LogP contribution in [0, 0.1) is 34.9 Å². The Morgan fingerprint density at radius 2 is 1.09 bits per heavy atom. The Morgan fingerprint density at radius 1 is 0.593 bits per heavy atom. The van der Waals surface area contributed by atoms with E-state index in [4.69, 9.17) is 0 Å². The molecule has 0 unspecified atom stereocenters. The zero-order valence-corrected chi connectivity index (χ0v) is 29.4. The fourth-order valence-corrected chi connectivity index (χ4v) is 6.77. The molecule has 0 bridgehead atoms. The number of aromatic nitrogens is 6. The van der Waals surface area contributed by atoms with Crippen molar-refractivity contribution in [1.82, 2.24) is 29.1 Å². The van der Waals surface area contributed by atoms with Crippen LogP contribution in [-0.4, -0.2) is 29.1 Å². The number of rotatable bonds is 6. The van der Waals surface area contributed by atoms with Crippen LogP contribution in [0.1, 0.15) is 62.3 Å². The molecule has 2 N–H and O–H groups in total. The fraction of sp³-hybridized carbons (Fsp3) is 0.200. The molecule has 4 heterocycles. The van der Waals surface area contributed by atoms with Gasteiger partial charge in [-0.1, -0.05) is 39.8 Å². The van der Waals surface area contributed by atoms with Gasteiger partial charge >= 0.3 is 0 Å². The molecule has 8 aromatic rings. The summed E-state index contributed by atoms with van der Waals surface area (Å²) in [6, 6.07) is 16.8. The molecule has 0 spiro atoms. The summed E-state index contributed by atoms with van der Waals surface area (Å²) in [4.78, 5) is 37.6. The maximum absolute atomic E-state index is 14.5. The minimum absolute atomic E-state index is 0.000702. The van der Waals surface area contributed by atoms with Gasteiger partial charge in [0, 0.05) is 34.7 Å². The van der Waals surface area contributed by atoms with E-state index in [9.17, 15) is 35.9 Å². The molecule has 4 aromatic heterocycles. The van der Waals surface area contributed by atoms with Gasteiger partial charge in [-0.25, -0.2) is 36.3 Å². The van der Waals surface area contributed by atoms with Crippen LogP contribution in [0.25, 0.3) is 43.9 Å². The lowest BCUT2D eigenvalue weighted by atomic mass is 10.1. The predicted molar refractivity (Wildman–Crippen MR) is 195 cm³/mol. The molecule has 0 amide bonds. The number of aromatic amines is 2. The van der Waals surface area contributed by atoms with Crippen molar-refractivity contribution in [3.63, 3.8) is 0 Å². The second-order valence-corrected chi connectivity index (χ2v) is 13.5. The van der Waals surface area contributed by atoms with Crippen LogP contribution in [0.15, 0.2) is 82.4 Å². The first-order chi connectivity index (χ1) is 25.7. The third-order valence-electron chi connectivity index (χ3n) is 9.18. The number of benzene rings is 4. The van der Waals surface area contributed by atoms with Crippen molar-refractivity contribution in [3.05, 3.63) is 151 Å². The Bertz CT molecular complexity index is 2870. The number of halogens is 6. The lowest BCUT2D eigenvalue weighted by Crippen LogP contribution is -2.13. The SMILES string of the molecule is CC(C)c1nc2c(F)cccc2n1Cc1cc(=O)[nH]c2c(F)c(F)ccc12.CC(C)c1nc2cccc(F)c2n1Cc1cc(=O)[nH]c2c(F)c(F)ccc12. The van der Waals surface area contributed by atoms with Crippen LogP contribution in [-0.2, 0) is 13.1 Å². The summed E-state index contributed by atoms with van der Waals surface area (Å²) < 4.78 is 87.6. The van der Waals surface area contributed by atoms with Crippen molar-refractivity contribution in [2.75, 3.05) is 0 Å². The summed E-state index contributed by atoms with van der Waals surface area (Å²) in [5, 5.41) is 0.753. The van der Waals surface area contributed by atoms with Crippen molar-refractivity contribution >= 4 is 43.9 Å². The van der Waals surface area contributed by atoms with Gasteiger partial charge in [0.2, 0.25) is 11.1 Å². The van der Waals surface area contributed by atoms with Crippen molar-refractivity contribution < 1.29 is 26.3 Å². The second kappa shape index (κ2) is 14.0. The zero-order chi connectivity index (χ0) is 38.6. The third kappa shape index (κ3) is 6.41. The van der Waals surface area contributed by atoms with E-state index in [0.717, 1.165) is 12.1 Å². The molecule has 0 saturated heterocycles. The summed E-state index contributed by atoms with van der Waals surface area (Å²) in [6.45, 7) is 8.01. The highest BCUT2D eigenvalue weighted by atomic mass is 19.2. The van der Waals surface area contributed by atoms with Crippen LogP contribution in [0.3, 0.4) is 0 Å². The van der Waals surface area contributed by atoms with Crippen LogP contribution in [0.4, 0.5) is 26.3 Å². The van der Waals surface area contributed by atoms with E-state index < -0.39 is 46.0 Å². The van der Waals surface area contributed by atoms with E-state index in [0.29, 0.717) is 50.1 Å². The third-order valence-corrected chi connectivity index (χ3v) is 9.18.